The quantitative estimate of drug-likeness (QED) is 0.840. The fourth-order valence-corrected chi connectivity index (χ4v) is 2.90. The SMILES string of the molecule is NCC#Cc1ccc(C(=O)NC(C2CC2)C2CC2)cc1Cl. The summed E-state index contributed by atoms with van der Waals surface area (Å²) in [5.74, 6) is 7.01. The van der Waals surface area contributed by atoms with Crippen LogP contribution in [0.4, 0.5) is 0 Å². The first-order chi connectivity index (χ1) is 10.2. The zero-order valence-corrected chi connectivity index (χ0v) is 12.6. The van der Waals surface area contributed by atoms with Crippen LogP contribution in [-0.4, -0.2) is 18.5 Å². The van der Waals surface area contributed by atoms with Gasteiger partial charge in [-0.2, -0.15) is 0 Å². The Labute approximate surface area is 130 Å². The van der Waals surface area contributed by atoms with E-state index in [1.165, 1.54) is 25.7 Å². The Morgan fingerprint density at radius 3 is 2.52 bits per heavy atom. The van der Waals surface area contributed by atoms with Gasteiger partial charge in [-0.3, -0.25) is 4.79 Å². The van der Waals surface area contributed by atoms with Gasteiger partial charge in [-0.25, -0.2) is 0 Å². The van der Waals surface area contributed by atoms with Crippen molar-refractivity contribution in [2.24, 2.45) is 17.6 Å². The molecule has 0 radical (unpaired) electrons. The summed E-state index contributed by atoms with van der Waals surface area (Å²) >= 11 is 6.17. The number of benzene rings is 1. The van der Waals surface area contributed by atoms with Crippen LogP contribution in [0.2, 0.25) is 5.02 Å². The highest BCUT2D eigenvalue weighted by Gasteiger charge is 2.42. The normalized spacial score (nSPS) is 17.3. The minimum Gasteiger partial charge on any atom is -0.349 e. The summed E-state index contributed by atoms with van der Waals surface area (Å²) in [6.07, 6.45) is 4.98. The highest BCUT2D eigenvalue weighted by molar-refractivity contribution is 6.32. The molecule has 0 atom stereocenters. The molecule has 3 N–H and O–H groups in total. The largest absolute Gasteiger partial charge is 0.349 e. The predicted octanol–water partition coefficient (Wildman–Crippen LogP) is 2.57. The van der Waals surface area contributed by atoms with Crippen molar-refractivity contribution in [1.82, 2.24) is 5.32 Å². The Balaban J connectivity index is 1.70. The van der Waals surface area contributed by atoms with Crippen LogP contribution >= 0.6 is 11.6 Å². The van der Waals surface area contributed by atoms with Gasteiger partial charge in [0.1, 0.15) is 0 Å². The topological polar surface area (TPSA) is 55.1 Å². The number of halogens is 1. The number of carbonyl (C=O) groups excluding carboxylic acids is 1. The highest BCUT2D eigenvalue weighted by Crippen LogP contribution is 2.44. The second-order valence-corrected chi connectivity index (χ2v) is 6.28. The van der Waals surface area contributed by atoms with Gasteiger partial charge in [0, 0.05) is 17.2 Å². The minimum absolute atomic E-state index is 0.0287. The number of hydrogen-bond donors (Lipinski definition) is 2. The number of hydrogen-bond acceptors (Lipinski definition) is 2. The maximum atomic E-state index is 12.4. The molecule has 1 amide bonds. The lowest BCUT2D eigenvalue weighted by Crippen LogP contribution is -2.38. The standard InChI is InChI=1S/C17H19ClN2O/c18-15-10-14(8-3-11(15)2-1-9-19)17(21)20-16(12-4-5-12)13-6-7-13/h3,8,10,12-13,16H,4-7,9,19H2,(H,20,21). The van der Waals surface area contributed by atoms with Gasteiger partial charge in [-0.15, -0.1) is 0 Å². The maximum Gasteiger partial charge on any atom is 0.251 e. The Kier molecular flexibility index (Phi) is 4.19. The van der Waals surface area contributed by atoms with Crippen LogP contribution < -0.4 is 11.1 Å². The van der Waals surface area contributed by atoms with Crippen molar-refractivity contribution in [3.63, 3.8) is 0 Å². The van der Waals surface area contributed by atoms with Crippen molar-refractivity contribution in [2.45, 2.75) is 31.7 Å². The molecular formula is C17H19ClN2O. The second-order valence-electron chi connectivity index (χ2n) is 5.87. The van der Waals surface area contributed by atoms with E-state index in [4.69, 9.17) is 17.3 Å². The molecule has 0 heterocycles. The molecule has 1 aromatic carbocycles. The van der Waals surface area contributed by atoms with Crippen molar-refractivity contribution < 1.29 is 4.79 Å². The van der Waals surface area contributed by atoms with E-state index < -0.39 is 0 Å². The van der Waals surface area contributed by atoms with Gasteiger partial charge in [0.15, 0.2) is 0 Å². The second kappa shape index (κ2) is 6.09. The molecule has 2 aliphatic rings. The van der Waals surface area contributed by atoms with Crippen molar-refractivity contribution in [2.75, 3.05) is 6.54 Å². The lowest BCUT2D eigenvalue weighted by atomic mass is 10.1. The molecule has 4 heteroatoms. The zero-order valence-electron chi connectivity index (χ0n) is 11.9. The molecule has 0 aliphatic heterocycles. The molecule has 2 aliphatic carbocycles. The first-order valence-corrected chi connectivity index (χ1v) is 7.86. The fourth-order valence-electron chi connectivity index (χ4n) is 2.67. The summed E-state index contributed by atoms with van der Waals surface area (Å²) in [7, 11) is 0. The summed E-state index contributed by atoms with van der Waals surface area (Å²) < 4.78 is 0. The van der Waals surface area contributed by atoms with Crippen LogP contribution in [0, 0.1) is 23.7 Å². The molecule has 2 fully saturated rings. The smallest absolute Gasteiger partial charge is 0.251 e. The van der Waals surface area contributed by atoms with E-state index in [0.717, 1.165) is 0 Å². The van der Waals surface area contributed by atoms with E-state index in [0.29, 0.717) is 40.6 Å². The van der Waals surface area contributed by atoms with E-state index in [2.05, 4.69) is 17.2 Å². The van der Waals surface area contributed by atoms with Crippen LogP contribution in [0.3, 0.4) is 0 Å². The molecular weight excluding hydrogens is 284 g/mol. The lowest BCUT2D eigenvalue weighted by Gasteiger charge is -2.17. The Bertz CT molecular complexity index is 597. The van der Waals surface area contributed by atoms with Gasteiger partial charge >= 0.3 is 0 Å². The summed E-state index contributed by atoms with van der Waals surface area (Å²) in [4.78, 5) is 12.4. The average molecular weight is 303 g/mol. The van der Waals surface area contributed by atoms with Gasteiger partial charge in [0.05, 0.1) is 11.6 Å². The van der Waals surface area contributed by atoms with Crippen LogP contribution in [0.5, 0.6) is 0 Å². The Morgan fingerprint density at radius 2 is 2.00 bits per heavy atom. The molecule has 0 bridgehead atoms. The van der Waals surface area contributed by atoms with Gasteiger partial charge in [-0.1, -0.05) is 23.4 Å². The number of carbonyl (C=O) groups is 1. The molecule has 0 aromatic heterocycles. The monoisotopic (exact) mass is 302 g/mol. The molecule has 3 rings (SSSR count). The van der Waals surface area contributed by atoms with Crippen LogP contribution in [-0.2, 0) is 0 Å². The van der Waals surface area contributed by atoms with Crippen molar-refractivity contribution in [3.05, 3.63) is 34.3 Å². The van der Waals surface area contributed by atoms with E-state index >= 15 is 0 Å². The number of nitrogens with one attached hydrogen (secondary N) is 1. The molecule has 0 spiro atoms. The number of amides is 1. The third kappa shape index (κ3) is 3.58. The first kappa shape index (κ1) is 14.4. The van der Waals surface area contributed by atoms with Crippen LogP contribution in [0.1, 0.15) is 41.6 Å². The van der Waals surface area contributed by atoms with Gasteiger partial charge < -0.3 is 11.1 Å². The molecule has 1 aromatic rings. The van der Waals surface area contributed by atoms with Gasteiger partial charge in [-0.05, 0) is 55.7 Å². The Morgan fingerprint density at radius 1 is 1.33 bits per heavy atom. The van der Waals surface area contributed by atoms with E-state index in [-0.39, 0.29) is 5.91 Å². The van der Waals surface area contributed by atoms with Crippen LogP contribution in [0.15, 0.2) is 18.2 Å². The van der Waals surface area contributed by atoms with Gasteiger partial charge in [0.2, 0.25) is 0 Å². The van der Waals surface area contributed by atoms with E-state index in [9.17, 15) is 4.79 Å². The molecule has 110 valence electrons. The predicted molar refractivity (Wildman–Crippen MR) is 84.1 cm³/mol. The molecule has 2 saturated carbocycles. The average Bonchev–Trinajstić information content (AvgIpc) is 3.36. The summed E-state index contributed by atoms with van der Waals surface area (Å²) in [6.45, 7) is 0.295. The number of nitrogens with two attached hydrogens (primary N) is 1. The van der Waals surface area contributed by atoms with E-state index in [1.54, 1.807) is 18.2 Å². The molecule has 0 saturated heterocycles. The highest BCUT2D eigenvalue weighted by atomic mass is 35.5. The third-order valence-electron chi connectivity index (χ3n) is 4.11. The maximum absolute atomic E-state index is 12.4. The zero-order chi connectivity index (χ0) is 14.8. The summed E-state index contributed by atoms with van der Waals surface area (Å²) in [5, 5.41) is 3.69. The fraction of sp³-hybridized carbons (Fsp3) is 0.471. The first-order valence-electron chi connectivity index (χ1n) is 7.48. The summed E-state index contributed by atoms with van der Waals surface area (Å²) in [6, 6.07) is 5.60. The van der Waals surface area contributed by atoms with Gasteiger partial charge in [0.25, 0.3) is 5.91 Å². The van der Waals surface area contributed by atoms with Crippen molar-refractivity contribution in [3.8, 4) is 11.8 Å². The van der Waals surface area contributed by atoms with E-state index in [1.807, 2.05) is 0 Å². The molecule has 21 heavy (non-hydrogen) atoms. The minimum atomic E-state index is -0.0287. The van der Waals surface area contributed by atoms with Crippen molar-refractivity contribution in [1.29, 1.82) is 0 Å². The Hall–Kier alpha value is -1.50. The number of rotatable bonds is 4. The van der Waals surface area contributed by atoms with Crippen LogP contribution in [0.25, 0.3) is 0 Å². The third-order valence-corrected chi connectivity index (χ3v) is 4.43. The molecule has 0 unspecified atom stereocenters. The summed E-state index contributed by atoms with van der Waals surface area (Å²) in [5.41, 5.74) is 6.66. The molecule has 3 nitrogen and oxygen atoms in total. The van der Waals surface area contributed by atoms with Crippen molar-refractivity contribution >= 4 is 17.5 Å². The lowest BCUT2D eigenvalue weighted by molar-refractivity contribution is 0.0926.